The molecule has 10 heteroatoms. The molecule has 0 N–H and O–H groups in total. The summed E-state index contributed by atoms with van der Waals surface area (Å²) >= 11 is 5.51. The van der Waals surface area contributed by atoms with Gasteiger partial charge in [-0.1, -0.05) is 29.8 Å². The van der Waals surface area contributed by atoms with E-state index in [1.165, 1.54) is 0 Å². The van der Waals surface area contributed by atoms with Crippen LogP contribution >= 0.6 is 11.6 Å². The van der Waals surface area contributed by atoms with Crippen molar-refractivity contribution in [3.05, 3.63) is 58.6 Å². The third-order valence-electron chi connectivity index (χ3n) is 5.18. The van der Waals surface area contributed by atoms with Gasteiger partial charge in [0, 0.05) is 24.7 Å². The van der Waals surface area contributed by atoms with E-state index in [9.17, 15) is 22.0 Å². The molecule has 0 aliphatic carbocycles. The first kappa shape index (κ1) is 20.1. The largest absolute Gasteiger partial charge is 0.444 e. The molecule has 0 aromatic heterocycles. The summed E-state index contributed by atoms with van der Waals surface area (Å²) in [6, 6.07) is 8.35. The monoisotopic (exact) mass is 442 g/mol. The number of benzene rings is 2. The summed E-state index contributed by atoms with van der Waals surface area (Å²) < 4.78 is 59.7. The lowest BCUT2D eigenvalue weighted by Crippen LogP contribution is -2.50. The maximum absolute atomic E-state index is 14.1. The van der Waals surface area contributed by atoms with Crippen LogP contribution in [0.15, 0.2) is 41.3 Å². The number of piperidine rings is 1. The van der Waals surface area contributed by atoms with E-state index < -0.39 is 37.7 Å². The summed E-state index contributed by atoms with van der Waals surface area (Å²) in [6.45, 7) is 0.311. The molecule has 2 aromatic rings. The molecule has 0 spiro atoms. The van der Waals surface area contributed by atoms with Gasteiger partial charge in [-0.05, 0) is 31.0 Å². The molecule has 0 radical (unpaired) electrons. The molecule has 4 rings (SSSR count). The van der Waals surface area contributed by atoms with Crippen molar-refractivity contribution in [3.8, 4) is 0 Å². The predicted molar refractivity (Wildman–Crippen MR) is 102 cm³/mol. The molecule has 0 atom stereocenters. The van der Waals surface area contributed by atoms with E-state index in [4.69, 9.17) is 16.3 Å². The highest BCUT2D eigenvalue weighted by Gasteiger charge is 2.37. The zero-order valence-corrected chi connectivity index (χ0v) is 16.7. The zero-order valence-electron chi connectivity index (χ0n) is 15.1. The van der Waals surface area contributed by atoms with Crippen LogP contribution in [0.3, 0.4) is 0 Å². The molecule has 0 saturated carbocycles. The van der Waals surface area contributed by atoms with Crippen LogP contribution in [0.1, 0.15) is 18.4 Å². The fourth-order valence-electron chi connectivity index (χ4n) is 3.70. The second-order valence-electron chi connectivity index (χ2n) is 6.89. The van der Waals surface area contributed by atoms with Crippen molar-refractivity contribution in [1.29, 1.82) is 0 Å². The average Bonchev–Trinajstić information content (AvgIpc) is 2.70. The van der Waals surface area contributed by atoms with Gasteiger partial charge >= 0.3 is 6.09 Å². The molecule has 2 heterocycles. The maximum atomic E-state index is 14.1. The van der Waals surface area contributed by atoms with Gasteiger partial charge in [0.1, 0.15) is 23.1 Å². The number of para-hydroxylation sites is 1. The number of anilines is 1. The van der Waals surface area contributed by atoms with E-state index in [1.807, 2.05) is 24.3 Å². The third-order valence-corrected chi connectivity index (χ3v) is 7.38. The van der Waals surface area contributed by atoms with Gasteiger partial charge in [0.05, 0.1) is 10.7 Å². The SMILES string of the molecule is O=C1OCc2ccccc2N1C1CCN(S(=O)(=O)c2cc(F)c(Cl)cc2F)CC1. The van der Waals surface area contributed by atoms with Crippen LogP contribution < -0.4 is 4.90 Å². The third kappa shape index (κ3) is 3.58. The van der Waals surface area contributed by atoms with Gasteiger partial charge in [-0.2, -0.15) is 4.31 Å². The summed E-state index contributed by atoms with van der Waals surface area (Å²) in [7, 11) is -4.24. The smallest absolute Gasteiger partial charge is 0.414 e. The maximum Gasteiger partial charge on any atom is 0.414 e. The lowest BCUT2D eigenvalue weighted by atomic mass is 10.0. The van der Waals surface area contributed by atoms with Crippen LogP contribution in [0.2, 0.25) is 5.02 Å². The molecule has 2 aromatic carbocycles. The Morgan fingerprint density at radius 3 is 2.48 bits per heavy atom. The molecular weight excluding hydrogens is 426 g/mol. The number of ether oxygens (including phenoxy) is 1. The van der Waals surface area contributed by atoms with Crippen molar-refractivity contribution in [2.24, 2.45) is 0 Å². The number of sulfonamides is 1. The first-order chi connectivity index (χ1) is 13.8. The van der Waals surface area contributed by atoms with Crippen LogP contribution in [0.5, 0.6) is 0 Å². The summed E-state index contributed by atoms with van der Waals surface area (Å²) in [6.07, 6.45) is 0.191. The minimum atomic E-state index is -4.24. The van der Waals surface area contributed by atoms with Crippen LogP contribution in [0.4, 0.5) is 19.3 Å². The van der Waals surface area contributed by atoms with Gasteiger partial charge in [-0.15, -0.1) is 0 Å². The van der Waals surface area contributed by atoms with Crippen LogP contribution in [0, 0.1) is 11.6 Å². The number of fused-ring (bicyclic) bond motifs is 1. The number of rotatable bonds is 3. The minimum Gasteiger partial charge on any atom is -0.444 e. The summed E-state index contributed by atoms with van der Waals surface area (Å²) in [4.78, 5) is 13.1. The number of hydrogen-bond donors (Lipinski definition) is 0. The average molecular weight is 443 g/mol. The van der Waals surface area contributed by atoms with E-state index in [-0.39, 0.29) is 25.7 Å². The second-order valence-corrected chi connectivity index (χ2v) is 9.20. The van der Waals surface area contributed by atoms with E-state index >= 15 is 0 Å². The van der Waals surface area contributed by atoms with Crippen molar-refractivity contribution in [2.45, 2.75) is 30.4 Å². The molecule has 1 amide bonds. The lowest BCUT2D eigenvalue weighted by molar-refractivity contribution is 0.136. The molecule has 154 valence electrons. The van der Waals surface area contributed by atoms with Crippen molar-refractivity contribution < 1.29 is 26.7 Å². The highest BCUT2D eigenvalue weighted by molar-refractivity contribution is 7.89. The van der Waals surface area contributed by atoms with Crippen molar-refractivity contribution in [1.82, 2.24) is 4.31 Å². The zero-order chi connectivity index (χ0) is 20.8. The van der Waals surface area contributed by atoms with Gasteiger partial charge in [0.25, 0.3) is 0 Å². The van der Waals surface area contributed by atoms with Crippen LogP contribution in [-0.2, 0) is 21.4 Å². The molecule has 1 saturated heterocycles. The quantitative estimate of drug-likeness (QED) is 0.675. The topological polar surface area (TPSA) is 66.9 Å². The number of carbonyl (C=O) groups is 1. The fraction of sp³-hybridized carbons (Fsp3) is 0.316. The van der Waals surface area contributed by atoms with Gasteiger partial charge < -0.3 is 4.74 Å². The summed E-state index contributed by atoms with van der Waals surface area (Å²) in [5, 5.41) is -0.484. The number of nitrogens with zero attached hydrogens (tertiary/aromatic N) is 2. The molecule has 1 fully saturated rings. The molecule has 2 aliphatic rings. The van der Waals surface area contributed by atoms with Gasteiger partial charge in [-0.25, -0.2) is 22.0 Å². The van der Waals surface area contributed by atoms with Crippen molar-refractivity contribution >= 4 is 33.4 Å². The van der Waals surface area contributed by atoms with Crippen LogP contribution in [0.25, 0.3) is 0 Å². The number of carbonyl (C=O) groups excluding carboxylic acids is 1. The van der Waals surface area contributed by atoms with E-state index in [0.29, 0.717) is 25.0 Å². The fourth-order valence-corrected chi connectivity index (χ4v) is 5.38. The first-order valence-electron chi connectivity index (χ1n) is 8.97. The number of halogens is 3. The number of hydrogen-bond acceptors (Lipinski definition) is 4. The second kappa shape index (κ2) is 7.55. The molecule has 0 unspecified atom stereocenters. The Morgan fingerprint density at radius 1 is 1.07 bits per heavy atom. The molecular formula is C19H17ClF2N2O4S. The predicted octanol–water partition coefficient (Wildman–Crippen LogP) is 3.93. The van der Waals surface area contributed by atoms with Gasteiger partial charge in [-0.3, -0.25) is 4.90 Å². The Labute approximate surface area is 171 Å². The Bertz CT molecular complexity index is 1070. The normalized spacial score (nSPS) is 18.4. The Hall–Kier alpha value is -2.23. The Balaban J connectivity index is 1.54. The van der Waals surface area contributed by atoms with Crippen molar-refractivity contribution in [2.75, 3.05) is 18.0 Å². The van der Waals surface area contributed by atoms with Gasteiger partial charge in [0.15, 0.2) is 0 Å². The Kier molecular flexibility index (Phi) is 5.22. The lowest BCUT2D eigenvalue weighted by Gasteiger charge is -2.39. The molecule has 2 aliphatic heterocycles. The standard InChI is InChI=1S/C19H17ClF2N2O4S/c20-14-9-16(22)18(10-15(14)21)29(26,27)23-7-5-13(6-8-23)24-17-4-2-1-3-12(17)11-28-19(24)25/h1-4,9-10,13H,5-8,11H2. The number of cyclic esters (lactones) is 1. The van der Waals surface area contributed by atoms with E-state index in [2.05, 4.69) is 0 Å². The van der Waals surface area contributed by atoms with E-state index in [0.717, 1.165) is 15.6 Å². The van der Waals surface area contributed by atoms with Gasteiger partial charge in [0.2, 0.25) is 10.0 Å². The highest BCUT2D eigenvalue weighted by atomic mass is 35.5. The Morgan fingerprint density at radius 2 is 1.76 bits per heavy atom. The first-order valence-corrected chi connectivity index (χ1v) is 10.8. The van der Waals surface area contributed by atoms with Crippen molar-refractivity contribution in [3.63, 3.8) is 0 Å². The minimum absolute atomic E-state index is 0.0582. The summed E-state index contributed by atoms with van der Waals surface area (Å²) in [5.41, 5.74) is 1.62. The van der Waals surface area contributed by atoms with E-state index in [1.54, 1.807) is 4.90 Å². The van der Waals surface area contributed by atoms with Crippen LogP contribution in [-0.4, -0.2) is 37.9 Å². The highest BCUT2D eigenvalue weighted by Crippen LogP contribution is 2.33. The molecule has 6 nitrogen and oxygen atoms in total. The number of amides is 1. The molecule has 29 heavy (non-hydrogen) atoms. The summed E-state index contributed by atoms with van der Waals surface area (Å²) in [5.74, 6) is -2.11. The molecule has 0 bridgehead atoms.